The molecule has 0 aliphatic rings. The van der Waals surface area contributed by atoms with Crippen molar-refractivity contribution in [3.8, 4) is 0 Å². The Morgan fingerprint density at radius 2 is 1.52 bits per heavy atom. The molecule has 0 aliphatic carbocycles. The summed E-state index contributed by atoms with van der Waals surface area (Å²) in [5.41, 5.74) is 0.699. The number of nitrogens with one attached hydrogen (secondary N) is 1. The van der Waals surface area contributed by atoms with E-state index in [1.54, 1.807) is 20.8 Å². The van der Waals surface area contributed by atoms with Crippen molar-refractivity contribution in [3.05, 3.63) is 29.8 Å². The number of nitrogens with zero attached hydrogens (tertiary/aromatic N) is 1. The number of hydrogen-bond donors (Lipinski definition) is 1. The number of amides is 1. The van der Waals surface area contributed by atoms with Crippen molar-refractivity contribution in [2.75, 3.05) is 29.7 Å². The van der Waals surface area contributed by atoms with Crippen LogP contribution in [-0.2, 0) is 20.7 Å². The van der Waals surface area contributed by atoms with Crippen LogP contribution in [0, 0.1) is 0 Å². The largest absolute Gasteiger partial charge is 0.460 e. The summed E-state index contributed by atoms with van der Waals surface area (Å²) in [6, 6.07) is 7.34. The van der Waals surface area contributed by atoms with Gasteiger partial charge in [-0.05, 0) is 59.6 Å². The van der Waals surface area contributed by atoms with Gasteiger partial charge in [-0.15, -0.1) is 23.2 Å². The van der Waals surface area contributed by atoms with Gasteiger partial charge in [-0.25, -0.2) is 4.79 Å². The van der Waals surface area contributed by atoms with E-state index in [1.165, 1.54) is 0 Å². The van der Waals surface area contributed by atoms with Crippen LogP contribution >= 0.6 is 23.2 Å². The van der Waals surface area contributed by atoms with Crippen molar-refractivity contribution >= 4 is 41.0 Å². The van der Waals surface area contributed by atoms with Crippen molar-refractivity contribution < 1.29 is 19.1 Å². The molecule has 0 fully saturated rings. The van der Waals surface area contributed by atoms with E-state index in [-0.39, 0.29) is 12.4 Å². The van der Waals surface area contributed by atoms with Crippen molar-refractivity contribution in [3.63, 3.8) is 0 Å². The number of alkyl carbamates (subject to hydrolysis) is 1. The summed E-state index contributed by atoms with van der Waals surface area (Å²) < 4.78 is 10.9. The van der Waals surface area contributed by atoms with E-state index in [0.717, 1.165) is 11.3 Å². The van der Waals surface area contributed by atoms with Gasteiger partial charge in [-0.3, -0.25) is 4.79 Å². The highest BCUT2D eigenvalue weighted by Gasteiger charge is 2.25. The summed E-state index contributed by atoms with van der Waals surface area (Å²) in [5, 5.41) is 2.84. The number of ether oxygens (including phenoxy) is 2. The van der Waals surface area contributed by atoms with Crippen LogP contribution in [0.2, 0.25) is 0 Å². The quantitative estimate of drug-likeness (QED) is 0.375. The maximum absolute atomic E-state index is 12.5. The Morgan fingerprint density at radius 3 is 2.03 bits per heavy atom. The number of esters is 1. The number of halogens is 2. The lowest BCUT2D eigenvalue weighted by Gasteiger charge is -2.28. The number of benzene rings is 1. The van der Waals surface area contributed by atoms with Gasteiger partial charge in [0.25, 0.3) is 0 Å². The van der Waals surface area contributed by atoms with Gasteiger partial charge in [0, 0.05) is 36.6 Å². The van der Waals surface area contributed by atoms with E-state index in [0.29, 0.717) is 31.3 Å². The van der Waals surface area contributed by atoms with Gasteiger partial charge in [0.15, 0.2) is 0 Å². The minimum atomic E-state index is -0.643. The molecule has 0 heterocycles. The maximum atomic E-state index is 12.5. The van der Waals surface area contributed by atoms with Crippen molar-refractivity contribution in [2.45, 2.75) is 71.6 Å². The van der Waals surface area contributed by atoms with Gasteiger partial charge < -0.3 is 19.7 Å². The van der Waals surface area contributed by atoms with Crippen molar-refractivity contribution in [1.29, 1.82) is 0 Å². The summed E-state index contributed by atoms with van der Waals surface area (Å²) in [4.78, 5) is 27.0. The predicted octanol–water partition coefficient (Wildman–Crippen LogP) is 5.14. The molecule has 1 aromatic carbocycles. The highest BCUT2D eigenvalue weighted by molar-refractivity contribution is 6.18. The number of hydrogen-bond acceptors (Lipinski definition) is 5. The van der Waals surface area contributed by atoms with Gasteiger partial charge in [-0.1, -0.05) is 18.2 Å². The molecule has 1 amide bonds. The second kappa shape index (κ2) is 12.4. The fourth-order valence-corrected chi connectivity index (χ4v) is 3.46. The average Bonchev–Trinajstić information content (AvgIpc) is 2.58. The van der Waals surface area contributed by atoms with E-state index < -0.39 is 23.3 Å². The Bertz CT molecular complexity index is 678. The van der Waals surface area contributed by atoms with Crippen LogP contribution in [0.15, 0.2) is 24.3 Å². The van der Waals surface area contributed by atoms with Gasteiger partial charge in [0.05, 0.1) is 6.42 Å². The van der Waals surface area contributed by atoms with Crippen LogP contribution < -0.4 is 10.2 Å². The number of carbonyl (C=O) groups excluding carboxylic acids is 2. The molecule has 0 radical (unpaired) electrons. The first-order valence-corrected chi connectivity index (χ1v) is 11.6. The fraction of sp³-hybridized carbons (Fsp3) is 0.652. The third kappa shape index (κ3) is 11.5. The Balaban J connectivity index is 3.11. The highest BCUT2D eigenvalue weighted by Crippen LogP contribution is 2.23. The third-order valence-electron chi connectivity index (χ3n) is 4.06. The number of carbonyl (C=O) groups is 2. The van der Waals surface area contributed by atoms with Gasteiger partial charge in [0.1, 0.15) is 11.2 Å². The summed E-state index contributed by atoms with van der Waals surface area (Å²) >= 11 is 12.0. The first kappa shape index (κ1) is 27.4. The molecule has 1 aromatic rings. The average molecular weight is 475 g/mol. The van der Waals surface area contributed by atoms with Crippen LogP contribution in [0.25, 0.3) is 0 Å². The molecular weight excluding hydrogens is 439 g/mol. The number of rotatable bonds is 10. The second-order valence-electron chi connectivity index (χ2n) is 9.33. The van der Waals surface area contributed by atoms with E-state index in [2.05, 4.69) is 10.2 Å². The summed E-state index contributed by atoms with van der Waals surface area (Å²) in [6.45, 7) is 12.1. The molecular formula is C23H36Cl2N2O4. The standard InChI is InChI=1S/C23H36Cl2N2O4/c1-22(2,3)30-20(28)16-18(26-21(29)31-23(4,5)6)15-17-9-7-8-10-19(17)27(13-11-24)14-12-25/h7-10,18H,11-16H2,1-6H3,(H,26,29)/t18-/m0/s1. The van der Waals surface area contributed by atoms with Crippen molar-refractivity contribution in [1.82, 2.24) is 5.32 Å². The molecule has 31 heavy (non-hydrogen) atoms. The van der Waals surface area contributed by atoms with E-state index in [4.69, 9.17) is 32.7 Å². The summed E-state index contributed by atoms with van der Waals surface area (Å²) in [7, 11) is 0. The molecule has 0 spiro atoms. The van der Waals surface area contributed by atoms with Crippen LogP contribution in [0.3, 0.4) is 0 Å². The zero-order valence-corrected chi connectivity index (χ0v) is 21.0. The summed E-state index contributed by atoms with van der Waals surface area (Å²) in [6.07, 6.45) is -0.122. The lowest BCUT2D eigenvalue weighted by atomic mass is 10.0. The second-order valence-corrected chi connectivity index (χ2v) is 10.1. The lowest BCUT2D eigenvalue weighted by Crippen LogP contribution is -2.42. The van der Waals surface area contributed by atoms with Crippen LogP contribution in [0.4, 0.5) is 10.5 Å². The topological polar surface area (TPSA) is 67.9 Å². The molecule has 0 unspecified atom stereocenters. The molecule has 6 nitrogen and oxygen atoms in total. The Labute approximate surface area is 196 Å². The molecule has 0 saturated heterocycles. The Morgan fingerprint density at radius 1 is 0.968 bits per heavy atom. The maximum Gasteiger partial charge on any atom is 0.407 e. The number of alkyl halides is 2. The Kier molecular flexibility index (Phi) is 10.9. The van der Waals surface area contributed by atoms with Gasteiger partial charge in [0.2, 0.25) is 0 Å². The molecule has 1 N–H and O–H groups in total. The minimum absolute atomic E-state index is 0.0237. The first-order chi connectivity index (χ1) is 14.3. The normalized spacial score (nSPS) is 12.8. The molecule has 1 atom stereocenters. The number of para-hydroxylation sites is 1. The van der Waals surface area contributed by atoms with Gasteiger partial charge in [-0.2, -0.15) is 0 Å². The predicted molar refractivity (Wildman–Crippen MR) is 127 cm³/mol. The first-order valence-electron chi connectivity index (χ1n) is 10.5. The molecule has 0 aromatic heterocycles. The third-order valence-corrected chi connectivity index (χ3v) is 4.40. The van der Waals surface area contributed by atoms with Crippen LogP contribution in [-0.4, -0.2) is 54.2 Å². The van der Waals surface area contributed by atoms with E-state index >= 15 is 0 Å². The summed E-state index contributed by atoms with van der Waals surface area (Å²) in [5.74, 6) is 0.537. The lowest BCUT2D eigenvalue weighted by molar-refractivity contribution is -0.155. The van der Waals surface area contributed by atoms with Crippen LogP contribution in [0.1, 0.15) is 53.5 Å². The number of anilines is 1. The molecule has 8 heteroatoms. The van der Waals surface area contributed by atoms with Crippen LogP contribution in [0.5, 0.6) is 0 Å². The molecule has 0 bridgehead atoms. The molecule has 0 aliphatic heterocycles. The highest BCUT2D eigenvalue weighted by atomic mass is 35.5. The fourth-order valence-electron chi connectivity index (χ4n) is 3.05. The zero-order chi connectivity index (χ0) is 23.7. The monoisotopic (exact) mass is 474 g/mol. The SMILES string of the molecule is CC(C)(C)OC(=O)C[C@H](Cc1ccccc1N(CCCl)CCCl)NC(=O)OC(C)(C)C. The molecule has 0 saturated carbocycles. The Hall–Kier alpha value is -1.66. The van der Waals surface area contributed by atoms with E-state index in [1.807, 2.05) is 45.0 Å². The molecule has 176 valence electrons. The van der Waals surface area contributed by atoms with Crippen molar-refractivity contribution in [2.24, 2.45) is 0 Å². The smallest absolute Gasteiger partial charge is 0.407 e. The molecule has 1 rings (SSSR count). The zero-order valence-electron chi connectivity index (χ0n) is 19.5. The minimum Gasteiger partial charge on any atom is -0.460 e. The van der Waals surface area contributed by atoms with E-state index in [9.17, 15) is 9.59 Å². The van der Waals surface area contributed by atoms with Gasteiger partial charge >= 0.3 is 12.1 Å².